The molecule has 4 heteroatoms. The lowest BCUT2D eigenvalue weighted by Crippen LogP contribution is -2.40. The number of anilines is 1. The van der Waals surface area contributed by atoms with Crippen molar-refractivity contribution in [3.8, 4) is 0 Å². The molecule has 1 aliphatic heterocycles. The minimum Gasteiger partial charge on any atom is -0.324 e. The first-order chi connectivity index (χ1) is 6.43. The molecule has 1 aromatic rings. The number of aryl methyl sites for hydroxylation is 1. The van der Waals surface area contributed by atoms with Gasteiger partial charge in [-0.05, 0) is 31.5 Å². The molecule has 1 aliphatic rings. The zero-order valence-electron chi connectivity index (χ0n) is 8.02. The van der Waals surface area contributed by atoms with E-state index in [4.69, 9.17) is 17.3 Å². The Morgan fingerprint density at radius 3 is 2.79 bits per heavy atom. The summed E-state index contributed by atoms with van der Waals surface area (Å²) in [7, 11) is 0. The van der Waals surface area contributed by atoms with Gasteiger partial charge >= 0.3 is 0 Å². The topological polar surface area (TPSA) is 55.1 Å². The van der Waals surface area contributed by atoms with Crippen molar-refractivity contribution in [2.75, 3.05) is 5.32 Å². The van der Waals surface area contributed by atoms with Crippen molar-refractivity contribution in [3.05, 3.63) is 28.3 Å². The summed E-state index contributed by atoms with van der Waals surface area (Å²) in [4.78, 5) is 11.5. The van der Waals surface area contributed by atoms with E-state index < -0.39 is 5.54 Å². The van der Waals surface area contributed by atoms with Gasteiger partial charge in [0, 0.05) is 16.3 Å². The van der Waals surface area contributed by atoms with Crippen molar-refractivity contribution in [1.29, 1.82) is 0 Å². The molecule has 0 radical (unpaired) electrons. The van der Waals surface area contributed by atoms with Crippen LogP contribution in [0.4, 0.5) is 5.69 Å². The van der Waals surface area contributed by atoms with Crippen LogP contribution in [0.5, 0.6) is 0 Å². The van der Waals surface area contributed by atoms with Crippen molar-refractivity contribution < 1.29 is 4.79 Å². The number of hydrogen-bond donors (Lipinski definition) is 2. The van der Waals surface area contributed by atoms with Crippen LogP contribution in [0.3, 0.4) is 0 Å². The van der Waals surface area contributed by atoms with Gasteiger partial charge < -0.3 is 11.1 Å². The Morgan fingerprint density at radius 2 is 2.14 bits per heavy atom. The van der Waals surface area contributed by atoms with E-state index in [0.717, 1.165) is 16.8 Å². The van der Waals surface area contributed by atoms with Gasteiger partial charge in [0.15, 0.2) is 0 Å². The van der Waals surface area contributed by atoms with Gasteiger partial charge in [-0.1, -0.05) is 11.6 Å². The SMILES string of the molecule is Cc1cc(Cl)cc2c1NC(=O)C2(C)N. The molecule has 1 unspecified atom stereocenters. The van der Waals surface area contributed by atoms with Crippen LogP contribution in [-0.4, -0.2) is 5.91 Å². The second kappa shape index (κ2) is 2.72. The largest absolute Gasteiger partial charge is 0.324 e. The van der Waals surface area contributed by atoms with E-state index in [-0.39, 0.29) is 5.91 Å². The summed E-state index contributed by atoms with van der Waals surface area (Å²) < 4.78 is 0. The van der Waals surface area contributed by atoms with E-state index >= 15 is 0 Å². The summed E-state index contributed by atoms with van der Waals surface area (Å²) in [5.74, 6) is -0.183. The lowest BCUT2D eigenvalue weighted by molar-refractivity contribution is -0.120. The minimum atomic E-state index is -0.967. The Morgan fingerprint density at radius 1 is 1.50 bits per heavy atom. The van der Waals surface area contributed by atoms with E-state index in [1.54, 1.807) is 13.0 Å². The predicted octanol–water partition coefficient (Wildman–Crippen LogP) is 1.77. The lowest BCUT2D eigenvalue weighted by Gasteiger charge is -2.15. The molecule has 3 nitrogen and oxygen atoms in total. The number of rotatable bonds is 0. The van der Waals surface area contributed by atoms with Crippen LogP contribution in [0.15, 0.2) is 12.1 Å². The summed E-state index contributed by atoms with van der Waals surface area (Å²) in [6, 6.07) is 3.55. The Bertz CT molecular complexity index is 426. The zero-order chi connectivity index (χ0) is 10.5. The third-order valence-electron chi connectivity index (χ3n) is 2.57. The molecule has 0 bridgehead atoms. The monoisotopic (exact) mass is 210 g/mol. The van der Waals surface area contributed by atoms with Crippen LogP contribution in [0.1, 0.15) is 18.1 Å². The number of nitrogens with one attached hydrogen (secondary N) is 1. The normalized spacial score (nSPS) is 24.7. The van der Waals surface area contributed by atoms with E-state index in [9.17, 15) is 4.79 Å². The number of halogens is 1. The summed E-state index contributed by atoms with van der Waals surface area (Å²) in [6.07, 6.45) is 0. The number of carbonyl (C=O) groups is 1. The van der Waals surface area contributed by atoms with E-state index in [1.165, 1.54) is 0 Å². The second-order valence-electron chi connectivity index (χ2n) is 3.80. The van der Waals surface area contributed by atoms with E-state index in [1.807, 2.05) is 13.0 Å². The Kier molecular flexibility index (Phi) is 1.84. The quantitative estimate of drug-likeness (QED) is 0.686. The van der Waals surface area contributed by atoms with Crippen molar-refractivity contribution in [2.24, 2.45) is 5.73 Å². The third kappa shape index (κ3) is 1.13. The van der Waals surface area contributed by atoms with Crippen LogP contribution in [0.2, 0.25) is 5.02 Å². The maximum Gasteiger partial charge on any atom is 0.248 e. The predicted molar refractivity (Wildman–Crippen MR) is 56.4 cm³/mol. The van der Waals surface area contributed by atoms with Gasteiger partial charge in [0.2, 0.25) is 5.91 Å². The fraction of sp³-hybridized carbons (Fsp3) is 0.300. The van der Waals surface area contributed by atoms with Crippen molar-refractivity contribution >= 4 is 23.2 Å². The number of fused-ring (bicyclic) bond motifs is 1. The Balaban J connectivity index is 2.71. The fourth-order valence-corrected chi connectivity index (χ4v) is 1.96. The molecule has 3 N–H and O–H groups in total. The molecule has 0 saturated carbocycles. The summed E-state index contributed by atoms with van der Waals surface area (Å²) in [6.45, 7) is 3.58. The third-order valence-corrected chi connectivity index (χ3v) is 2.79. The molecule has 0 aromatic heterocycles. The van der Waals surface area contributed by atoms with Crippen LogP contribution < -0.4 is 11.1 Å². The smallest absolute Gasteiger partial charge is 0.248 e. The highest BCUT2D eigenvalue weighted by molar-refractivity contribution is 6.31. The number of nitrogens with two attached hydrogens (primary N) is 1. The molecule has 14 heavy (non-hydrogen) atoms. The molecule has 1 aromatic carbocycles. The Hall–Kier alpha value is -1.06. The van der Waals surface area contributed by atoms with Gasteiger partial charge in [-0.2, -0.15) is 0 Å². The van der Waals surface area contributed by atoms with Crippen molar-refractivity contribution in [1.82, 2.24) is 0 Å². The van der Waals surface area contributed by atoms with Gasteiger partial charge in [-0.25, -0.2) is 0 Å². The van der Waals surface area contributed by atoms with Gasteiger partial charge in [0.05, 0.1) is 0 Å². The Labute approximate surface area is 87.2 Å². The van der Waals surface area contributed by atoms with Gasteiger partial charge in [0.1, 0.15) is 5.54 Å². The molecule has 0 spiro atoms. The lowest BCUT2D eigenvalue weighted by atomic mass is 9.94. The first kappa shape index (κ1) is 9.49. The molecule has 1 atom stereocenters. The molecule has 0 fully saturated rings. The highest BCUT2D eigenvalue weighted by Gasteiger charge is 2.39. The summed E-state index contributed by atoms with van der Waals surface area (Å²) in [5.41, 5.74) is 7.44. The van der Waals surface area contributed by atoms with Crippen LogP contribution in [0, 0.1) is 6.92 Å². The number of benzene rings is 1. The van der Waals surface area contributed by atoms with Crippen LogP contribution >= 0.6 is 11.6 Å². The summed E-state index contributed by atoms with van der Waals surface area (Å²) in [5, 5.41) is 3.37. The number of hydrogen-bond acceptors (Lipinski definition) is 2. The van der Waals surface area contributed by atoms with Crippen molar-refractivity contribution in [3.63, 3.8) is 0 Å². The molecule has 0 aliphatic carbocycles. The highest BCUT2D eigenvalue weighted by Crippen LogP contribution is 2.37. The fourth-order valence-electron chi connectivity index (χ4n) is 1.68. The molecule has 1 amide bonds. The number of carbonyl (C=O) groups excluding carboxylic acids is 1. The molecular weight excluding hydrogens is 200 g/mol. The van der Waals surface area contributed by atoms with Gasteiger partial charge in [-0.15, -0.1) is 0 Å². The van der Waals surface area contributed by atoms with Crippen LogP contribution in [-0.2, 0) is 10.3 Å². The molecule has 2 rings (SSSR count). The van der Waals surface area contributed by atoms with Crippen LogP contribution in [0.25, 0.3) is 0 Å². The number of amides is 1. The van der Waals surface area contributed by atoms with Gasteiger partial charge in [-0.3, -0.25) is 4.79 Å². The molecule has 1 heterocycles. The van der Waals surface area contributed by atoms with E-state index in [0.29, 0.717) is 5.02 Å². The first-order valence-corrected chi connectivity index (χ1v) is 4.71. The maximum absolute atomic E-state index is 11.5. The van der Waals surface area contributed by atoms with Gasteiger partial charge in [0.25, 0.3) is 0 Å². The highest BCUT2D eigenvalue weighted by atomic mass is 35.5. The average Bonchev–Trinajstić information content (AvgIpc) is 2.28. The van der Waals surface area contributed by atoms with E-state index in [2.05, 4.69) is 5.32 Å². The average molecular weight is 211 g/mol. The minimum absolute atomic E-state index is 0.183. The first-order valence-electron chi connectivity index (χ1n) is 4.34. The standard InChI is InChI=1S/C10H11ClN2O/c1-5-3-6(11)4-7-8(5)13-9(14)10(7,2)12/h3-4H,12H2,1-2H3,(H,13,14). The maximum atomic E-state index is 11.5. The second-order valence-corrected chi connectivity index (χ2v) is 4.24. The molecular formula is C10H11ClN2O. The molecule has 0 saturated heterocycles. The van der Waals surface area contributed by atoms with Crippen molar-refractivity contribution in [2.45, 2.75) is 19.4 Å². The summed E-state index contributed by atoms with van der Waals surface area (Å²) >= 11 is 5.91. The zero-order valence-corrected chi connectivity index (χ0v) is 8.77. The molecule has 74 valence electrons.